The van der Waals surface area contributed by atoms with Crippen LogP contribution in [0.2, 0.25) is 0 Å². The number of carbonyl (C=O) groups is 1. The summed E-state index contributed by atoms with van der Waals surface area (Å²) in [7, 11) is 0. The van der Waals surface area contributed by atoms with Gasteiger partial charge in [0.05, 0.1) is 18.6 Å². The third kappa shape index (κ3) is 3.31. The Morgan fingerprint density at radius 1 is 1.47 bits per heavy atom. The number of hydrogen-bond acceptors (Lipinski definition) is 3. The maximum absolute atomic E-state index is 11.5. The fourth-order valence-corrected chi connectivity index (χ4v) is 2.24. The average molecular weight is 296 g/mol. The van der Waals surface area contributed by atoms with Gasteiger partial charge in [0.15, 0.2) is 0 Å². The molecule has 0 radical (unpaired) electrons. The minimum absolute atomic E-state index is 0.202. The third-order valence-corrected chi connectivity index (χ3v) is 3.37. The maximum Gasteiger partial charge on any atom is 0.310 e. The SMILES string of the molecule is CCOC(=O)Cc1c(CC)ccc(C#N)c1Br. The van der Waals surface area contributed by atoms with Gasteiger partial charge in [0, 0.05) is 4.47 Å². The molecule has 0 aromatic heterocycles. The van der Waals surface area contributed by atoms with Crippen LogP contribution in [-0.2, 0) is 22.4 Å². The van der Waals surface area contributed by atoms with E-state index in [-0.39, 0.29) is 12.4 Å². The van der Waals surface area contributed by atoms with Crippen LogP contribution in [0.15, 0.2) is 16.6 Å². The second-order valence-corrected chi connectivity index (χ2v) is 4.30. The Morgan fingerprint density at radius 3 is 2.71 bits per heavy atom. The van der Waals surface area contributed by atoms with Crippen LogP contribution in [0.4, 0.5) is 0 Å². The normalized spacial score (nSPS) is 9.76. The van der Waals surface area contributed by atoms with Crippen molar-refractivity contribution < 1.29 is 9.53 Å². The monoisotopic (exact) mass is 295 g/mol. The van der Waals surface area contributed by atoms with Crippen molar-refractivity contribution >= 4 is 21.9 Å². The van der Waals surface area contributed by atoms with Crippen LogP contribution in [0.5, 0.6) is 0 Å². The summed E-state index contributed by atoms with van der Waals surface area (Å²) >= 11 is 3.38. The Balaban J connectivity index is 3.11. The van der Waals surface area contributed by atoms with Gasteiger partial charge >= 0.3 is 5.97 Å². The number of benzene rings is 1. The first kappa shape index (κ1) is 13.7. The van der Waals surface area contributed by atoms with Crippen LogP contribution in [0.25, 0.3) is 0 Å². The summed E-state index contributed by atoms with van der Waals surface area (Å²) in [6, 6.07) is 5.74. The lowest BCUT2D eigenvalue weighted by Crippen LogP contribution is -2.10. The van der Waals surface area contributed by atoms with E-state index in [9.17, 15) is 4.79 Å². The molecule has 90 valence electrons. The molecule has 1 aromatic carbocycles. The van der Waals surface area contributed by atoms with E-state index in [4.69, 9.17) is 10.00 Å². The third-order valence-electron chi connectivity index (χ3n) is 2.47. The first-order valence-electron chi connectivity index (χ1n) is 5.50. The number of aryl methyl sites for hydroxylation is 1. The molecule has 0 saturated carbocycles. The van der Waals surface area contributed by atoms with E-state index in [1.807, 2.05) is 13.0 Å². The lowest BCUT2D eigenvalue weighted by Gasteiger charge is -2.11. The van der Waals surface area contributed by atoms with Gasteiger partial charge in [0.25, 0.3) is 0 Å². The zero-order chi connectivity index (χ0) is 12.8. The number of hydrogen-bond donors (Lipinski definition) is 0. The van der Waals surface area contributed by atoms with Gasteiger partial charge in [-0.3, -0.25) is 4.79 Å². The van der Waals surface area contributed by atoms with Crippen LogP contribution in [-0.4, -0.2) is 12.6 Å². The van der Waals surface area contributed by atoms with Gasteiger partial charge in [-0.05, 0) is 46.5 Å². The van der Waals surface area contributed by atoms with E-state index >= 15 is 0 Å². The molecule has 0 heterocycles. The van der Waals surface area contributed by atoms with Gasteiger partial charge in [-0.25, -0.2) is 0 Å². The molecule has 4 heteroatoms. The van der Waals surface area contributed by atoms with Crippen molar-refractivity contribution in [1.82, 2.24) is 0 Å². The molecule has 0 aliphatic heterocycles. The van der Waals surface area contributed by atoms with Crippen LogP contribution in [0.1, 0.15) is 30.5 Å². The van der Waals surface area contributed by atoms with E-state index in [1.54, 1.807) is 13.0 Å². The number of nitrogens with zero attached hydrogens (tertiary/aromatic N) is 1. The highest BCUT2D eigenvalue weighted by Crippen LogP contribution is 2.26. The Hall–Kier alpha value is -1.34. The minimum Gasteiger partial charge on any atom is -0.466 e. The maximum atomic E-state index is 11.5. The summed E-state index contributed by atoms with van der Waals surface area (Å²) < 4.78 is 5.63. The van der Waals surface area contributed by atoms with Gasteiger partial charge in [0.1, 0.15) is 6.07 Å². The van der Waals surface area contributed by atoms with Crippen molar-refractivity contribution in [1.29, 1.82) is 5.26 Å². The molecule has 0 aliphatic rings. The van der Waals surface area contributed by atoms with Crippen molar-refractivity contribution in [3.05, 3.63) is 33.3 Å². The Morgan fingerprint density at radius 2 is 2.18 bits per heavy atom. The van der Waals surface area contributed by atoms with Gasteiger partial charge in [-0.1, -0.05) is 13.0 Å². The second-order valence-electron chi connectivity index (χ2n) is 3.51. The predicted molar refractivity (Wildman–Crippen MR) is 68.6 cm³/mol. The first-order chi connectivity index (χ1) is 8.13. The van der Waals surface area contributed by atoms with Crippen LogP contribution < -0.4 is 0 Å². The van der Waals surface area contributed by atoms with Crippen LogP contribution in [0, 0.1) is 11.3 Å². The van der Waals surface area contributed by atoms with Gasteiger partial charge in [0.2, 0.25) is 0 Å². The molecule has 0 N–H and O–H groups in total. The van der Waals surface area contributed by atoms with E-state index < -0.39 is 0 Å². The summed E-state index contributed by atoms with van der Waals surface area (Å²) in [5, 5.41) is 8.95. The largest absolute Gasteiger partial charge is 0.466 e. The quantitative estimate of drug-likeness (QED) is 0.803. The predicted octanol–water partition coefficient (Wildman–Crippen LogP) is 2.99. The molecule has 1 rings (SSSR count). The average Bonchev–Trinajstić information content (AvgIpc) is 2.32. The highest BCUT2D eigenvalue weighted by Gasteiger charge is 2.14. The Bertz CT molecular complexity index is 463. The minimum atomic E-state index is -0.266. The number of carbonyl (C=O) groups excluding carboxylic acids is 1. The summed E-state index contributed by atoms with van der Waals surface area (Å²) in [5.41, 5.74) is 2.45. The van der Waals surface area contributed by atoms with Crippen molar-refractivity contribution in [3.63, 3.8) is 0 Å². The fraction of sp³-hybridized carbons (Fsp3) is 0.385. The van der Waals surface area contributed by atoms with E-state index in [1.165, 1.54) is 0 Å². The van der Waals surface area contributed by atoms with Crippen molar-refractivity contribution in [2.45, 2.75) is 26.7 Å². The molecule has 0 aliphatic carbocycles. The van der Waals surface area contributed by atoms with Crippen LogP contribution in [0.3, 0.4) is 0 Å². The summed E-state index contributed by atoms with van der Waals surface area (Å²) in [6.07, 6.45) is 1.02. The Kier molecular flexibility index (Phi) is 5.17. The lowest BCUT2D eigenvalue weighted by atomic mass is 10.00. The highest BCUT2D eigenvalue weighted by molar-refractivity contribution is 9.10. The lowest BCUT2D eigenvalue weighted by molar-refractivity contribution is -0.142. The van der Waals surface area contributed by atoms with Crippen LogP contribution >= 0.6 is 15.9 Å². The summed E-state index contributed by atoms with van der Waals surface area (Å²) in [5.74, 6) is -0.266. The molecule has 3 nitrogen and oxygen atoms in total. The summed E-state index contributed by atoms with van der Waals surface area (Å²) in [4.78, 5) is 11.5. The smallest absolute Gasteiger partial charge is 0.310 e. The molecule has 0 fully saturated rings. The second kappa shape index (κ2) is 6.41. The van der Waals surface area contributed by atoms with Gasteiger partial charge in [-0.15, -0.1) is 0 Å². The highest BCUT2D eigenvalue weighted by atomic mass is 79.9. The molecule has 0 amide bonds. The summed E-state index contributed by atoms with van der Waals surface area (Å²) in [6.45, 7) is 4.16. The van der Waals surface area contributed by atoms with Gasteiger partial charge < -0.3 is 4.74 Å². The zero-order valence-electron chi connectivity index (χ0n) is 9.92. The van der Waals surface area contributed by atoms with Crippen molar-refractivity contribution in [3.8, 4) is 6.07 Å². The molecule has 0 unspecified atom stereocenters. The van der Waals surface area contributed by atoms with Crippen molar-refractivity contribution in [2.24, 2.45) is 0 Å². The Labute approximate surface area is 110 Å². The molecular formula is C13H14BrNO2. The van der Waals surface area contributed by atoms with Gasteiger partial charge in [-0.2, -0.15) is 5.26 Å². The number of ether oxygens (including phenoxy) is 1. The molecular weight excluding hydrogens is 282 g/mol. The fourth-order valence-electron chi connectivity index (χ4n) is 1.63. The number of nitriles is 1. The van der Waals surface area contributed by atoms with Crippen molar-refractivity contribution in [2.75, 3.05) is 6.61 Å². The standard InChI is InChI=1S/C13H14BrNO2/c1-3-9-5-6-10(8-15)13(14)11(9)7-12(16)17-4-2/h5-6H,3-4,7H2,1-2H3. The number of rotatable bonds is 4. The molecule has 0 spiro atoms. The topological polar surface area (TPSA) is 50.1 Å². The molecule has 17 heavy (non-hydrogen) atoms. The molecule has 0 saturated heterocycles. The molecule has 0 atom stereocenters. The van der Waals surface area contributed by atoms with E-state index in [0.717, 1.165) is 17.5 Å². The zero-order valence-corrected chi connectivity index (χ0v) is 11.5. The molecule has 0 bridgehead atoms. The van der Waals surface area contributed by atoms with E-state index in [2.05, 4.69) is 22.0 Å². The number of halogens is 1. The number of esters is 1. The first-order valence-corrected chi connectivity index (χ1v) is 6.29. The molecule has 1 aromatic rings. The van der Waals surface area contributed by atoms with E-state index in [0.29, 0.717) is 16.6 Å².